The molecule has 0 saturated heterocycles. The number of hydrogen-bond donors (Lipinski definition) is 0. The van der Waals surface area contributed by atoms with Crippen LogP contribution in [0, 0.1) is 0 Å². The molecule has 3 heteroatoms. The molecule has 0 bridgehead atoms. The molecule has 0 aromatic carbocycles. The van der Waals surface area contributed by atoms with E-state index in [2.05, 4.69) is 9.98 Å². The van der Waals surface area contributed by atoms with Gasteiger partial charge in [-0.3, -0.25) is 4.99 Å². The molecule has 2 nitrogen and oxygen atoms in total. The first-order chi connectivity index (χ1) is 5.47. The molecular weight excluding hydrogens is 156 g/mol. The Labute approximate surface area is 68.6 Å². The summed E-state index contributed by atoms with van der Waals surface area (Å²) in [6, 6.07) is 0. The van der Waals surface area contributed by atoms with E-state index >= 15 is 0 Å². The van der Waals surface area contributed by atoms with Crippen molar-refractivity contribution in [3.05, 3.63) is 34.4 Å². The van der Waals surface area contributed by atoms with Crippen molar-refractivity contribution < 1.29 is 0 Å². The van der Waals surface area contributed by atoms with E-state index in [1.54, 1.807) is 17.5 Å². The lowest BCUT2D eigenvalue weighted by molar-refractivity contribution is 1.37. The number of aliphatic imine (C=N–C) groups is 1. The maximum atomic E-state index is 4.16. The van der Waals surface area contributed by atoms with Gasteiger partial charge in [-0.15, -0.1) is 11.3 Å². The molecule has 1 aliphatic rings. The minimum absolute atomic E-state index is 1.00. The van der Waals surface area contributed by atoms with Crippen LogP contribution in [0.25, 0.3) is 6.08 Å². The van der Waals surface area contributed by atoms with Crippen LogP contribution >= 0.6 is 11.3 Å². The number of allylic oxidation sites excluding steroid dienone is 2. The van der Waals surface area contributed by atoms with Gasteiger partial charge in [0.1, 0.15) is 0 Å². The fourth-order valence-electron chi connectivity index (χ4n) is 0.842. The lowest BCUT2D eigenvalue weighted by Crippen LogP contribution is -1.81. The molecule has 1 aliphatic heterocycles. The van der Waals surface area contributed by atoms with Gasteiger partial charge < -0.3 is 0 Å². The maximum absolute atomic E-state index is 4.16. The van der Waals surface area contributed by atoms with Gasteiger partial charge in [-0.25, -0.2) is 4.98 Å². The third kappa shape index (κ3) is 1.28. The summed E-state index contributed by atoms with van der Waals surface area (Å²) in [5, 5.41) is 0. The molecule has 1 aromatic heterocycles. The van der Waals surface area contributed by atoms with Crippen LogP contribution < -0.4 is 0 Å². The Morgan fingerprint density at radius 2 is 2.27 bits per heavy atom. The van der Waals surface area contributed by atoms with E-state index in [4.69, 9.17) is 0 Å². The molecule has 1 aromatic rings. The standard InChI is InChI=1S/C8H6N2S/c1-2-4-9-5-8-7(3-1)10-6-11-8/h1-6H/b2-1?,3-1+,4-2+,7-3?,8-5?,9-4?,9-5-. The van der Waals surface area contributed by atoms with Crippen LogP contribution in [0.4, 0.5) is 0 Å². The predicted molar refractivity (Wildman–Crippen MR) is 47.9 cm³/mol. The highest BCUT2D eigenvalue weighted by Gasteiger charge is 1.98. The Morgan fingerprint density at radius 1 is 1.27 bits per heavy atom. The van der Waals surface area contributed by atoms with Crippen LogP contribution in [0.1, 0.15) is 10.6 Å². The molecule has 0 spiro atoms. The summed E-state index contributed by atoms with van der Waals surface area (Å²) < 4.78 is 0. The quantitative estimate of drug-likeness (QED) is 0.573. The molecule has 0 unspecified atom stereocenters. The molecular formula is C8H6N2S. The van der Waals surface area contributed by atoms with Crippen molar-refractivity contribution in [2.45, 2.75) is 0 Å². The van der Waals surface area contributed by atoms with E-state index in [-0.39, 0.29) is 0 Å². The van der Waals surface area contributed by atoms with E-state index in [1.165, 1.54) is 0 Å². The first kappa shape index (κ1) is 6.49. The lowest BCUT2D eigenvalue weighted by Gasteiger charge is -1.89. The Hall–Kier alpha value is -1.22. The fraction of sp³-hybridized carbons (Fsp3) is 0. The van der Waals surface area contributed by atoms with Gasteiger partial charge in [0.25, 0.3) is 0 Å². The molecule has 0 atom stereocenters. The highest BCUT2D eigenvalue weighted by atomic mass is 32.1. The zero-order valence-corrected chi connectivity index (χ0v) is 6.58. The van der Waals surface area contributed by atoms with Gasteiger partial charge in [0.15, 0.2) is 0 Å². The third-order valence-electron chi connectivity index (χ3n) is 1.35. The van der Waals surface area contributed by atoms with Gasteiger partial charge in [0.2, 0.25) is 0 Å². The van der Waals surface area contributed by atoms with Crippen molar-refractivity contribution in [3.8, 4) is 0 Å². The topological polar surface area (TPSA) is 25.2 Å². The summed E-state index contributed by atoms with van der Waals surface area (Å²) in [6.07, 6.45) is 9.40. The number of nitrogens with zero attached hydrogens (tertiary/aromatic N) is 2. The average Bonchev–Trinajstić information content (AvgIpc) is 2.35. The van der Waals surface area contributed by atoms with Crippen LogP contribution in [0.3, 0.4) is 0 Å². The minimum Gasteiger partial charge on any atom is -0.263 e. The van der Waals surface area contributed by atoms with Crippen molar-refractivity contribution in [2.24, 2.45) is 4.99 Å². The Kier molecular flexibility index (Phi) is 1.65. The first-order valence-corrected chi connectivity index (χ1v) is 4.15. The van der Waals surface area contributed by atoms with Crippen molar-refractivity contribution in [3.63, 3.8) is 0 Å². The third-order valence-corrected chi connectivity index (χ3v) is 2.13. The smallest absolute Gasteiger partial charge is 0.0827 e. The monoisotopic (exact) mass is 162 g/mol. The van der Waals surface area contributed by atoms with Crippen LogP contribution in [0.5, 0.6) is 0 Å². The first-order valence-electron chi connectivity index (χ1n) is 3.27. The second-order valence-electron chi connectivity index (χ2n) is 2.08. The number of fused-ring (bicyclic) bond motifs is 1. The summed E-state index contributed by atoms with van der Waals surface area (Å²) >= 11 is 1.60. The molecule has 0 saturated carbocycles. The zero-order chi connectivity index (χ0) is 7.52. The molecule has 0 aliphatic carbocycles. The Balaban J connectivity index is 2.52. The summed E-state index contributed by atoms with van der Waals surface area (Å²) in [7, 11) is 0. The van der Waals surface area contributed by atoms with Gasteiger partial charge in [-0.05, 0) is 12.2 Å². The molecule has 0 fully saturated rings. The number of hydrogen-bond acceptors (Lipinski definition) is 3. The number of aromatic nitrogens is 1. The van der Waals surface area contributed by atoms with E-state index in [9.17, 15) is 0 Å². The molecule has 0 N–H and O–H groups in total. The second kappa shape index (κ2) is 2.80. The maximum Gasteiger partial charge on any atom is 0.0827 e. The van der Waals surface area contributed by atoms with Gasteiger partial charge in [-0.2, -0.15) is 0 Å². The van der Waals surface area contributed by atoms with E-state index in [0.29, 0.717) is 0 Å². The zero-order valence-electron chi connectivity index (χ0n) is 5.77. The fourth-order valence-corrected chi connectivity index (χ4v) is 1.49. The summed E-state index contributed by atoms with van der Waals surface area (Å²) in [5.41, 5.74) is 2.83. The van der Waals surface area contributed by atoms with Crippen molar-refractivity contribution in [1.82, 2.24) is 4.98 Å². The largest absolute Gasteiger partial charge is 0.263 e. The number of thiazole rings is 1. The minimum atomic E-state index is 1.00. The normalized spacial score (nSPS) is 22.9. The average molecular weight is 162 g/mol. The summed E-state index contributed by atoms with van der Waals surface area (Å²) in [5.74, 6) is 0. The highest BCUT2D eigenvalue weighted by Crippen LogP contribution is 2.13. The van der Waals surface area contributed by atoms with Gasteiger partial charge in [0, 0.05) is 12.4 Å². The van der Waals surface area contributed by atoms with Crippen LogP contribution in [-0.4, -0.2) is 11.2 Å². The van der Waals surface area contributed by atoms with Gasteiger partial charge >= 0.3 is 0 Å². The summed E-state index contributed by atoms with van der Waals surface area (Å²) in [6.45, 7) is 0. The molecule has 0 amide bonds. The van der Waals surface area contributed by atoms with Gasteiger partial charge in [-0.1, -0.05) is 6.08 Å². The van der Waals surface area contributed by atoms with Crippen molar-refractivity contribution in [2.75, 3.05) is 0 Å². The molecule has 11 heavy (non-hydrogen) atoms. The SMILES string of the molecule is C1=N/C=C/C=C/c2ncsc2\1. The molecule has 0 radical (unpaired) electrons. The molecule has 2 heterocycles. The Morgan fingerprint density at radius 3 is 3.27 bits per heavy atom. The van der Waals surface area contributed by atoms with Crippen LogP contribution in [-0.2, 0) is 0 Å². The Bertz CT molecular complexity index is 303. The van der Waals surface area contributed by atoms with Gasteiger partial charge in [0.05, 0.1) is 16.1 Å². The van der Waals surface area contributed by atoms with Crippen molar-refractivity contribution in [1.29, 1.82) is 0 Å². The highest BCUT2D eigenvalue weighted by molar-refractivity contribution is 7.11. The van der Waals surface area contributed by atoms with E-state index in [1.807, 2.05) is 30.0 Å². The molecule has 54 valence electrons. The number of rotatable bonds is 0. The van der Waals surface area contributed by atoms with Crippen molar-refractivity contribution >= 4 is 23.6 Å². The van der Waals surface area contributed by atoms with Crippen LogP contribution in [0.15, 0.2) is 28.9 Å². The van der Waals surface area contributed by atoms with E-state index in [0.717, 1.165) is 10.6 Å². The predicted octanol–water partition coefficient (Wildman–Crippen LogP) is 2.10. The lowest BCUT2D eigenvalue weighted by atomic mass is 10.3. The molecule has 2 rings (SSSR count). The summed E-state index contributed by atoms with van der Waals surface area (Å²) in [4.78, 5) is 9.34. The second-order valence-corrected chi connectivity index (χ2v) is 2.97. The van der Waals surface area contributed by atoms with Crippen LogP contribution in [0.2, 0.25) is 0 Å². The van der Waals surface area contributed by atoms with E-state index < -0.39 is 0 Å².